The number of carbonyl (C=O) groups is 1. The zero-order chi connectivity index (χ0) is 19.8. The topological polar surface area (TPSA) is 66.0 Å². The highest BCUT2D eigenvalue weighted by Gasteiger charge is 2.31. The number of guanidine groups is 1. The van der Waals surface area contributed by atoms with Crippen LogP contribution in [0.25, 0.3) is 0 Å². The van der Waals surface area contributed by atoms with E-state index in [0.717, 1.165) is 38.3 Å². The van der Waals surface area contributed by atoms with E-state index in [1.807, 2.05) is 12.1 Å². The van der Waals surface area contributed by atoms with Gasteiger partial charge in [0.15, 0.2) is 5.96 Å². The maximum absolute atomic E-state index is 12.8. The Morgan fingerprint density at radius 2 is 1.93 bits per heavy atom. The first-order valence-electron chi connectivity index (χ1n) is 10.5. The Hall–Kier alpha value is -2.08. The summed E-state index contributed by atoms with van der Waals surface area (Å²) in [6.45, 7) is 2.92. The molecule has 2 N–H and O–H groups in total. The minimum absolute atomic E-state index is 0.252. The van der Waals surface area contributed by atoms with E-state index in [2.05, 4.69) is 32.7 Å². The molecule has 1 saturated heterocycles. The fourth-order valence-corrected chi connectivity index (χ4v) is 4.28. The average Bonchev–Trinajstić information content (AvgIpc) is 3.21. The summed E-state index contributed by atoms with van der Waals surface area (Å²) in [5.41, 5.74) is 2.38. The quantitative estimate of drug-likeness (QED) is 0.583. The molecule has 0 spiro atoms. The van der Waals surface area contributed by atoms with E-state index in [1.165, 1.54) is 30.4 Å². The highest BCUT2D eigenvalue weighted by molar-refractivity contribution is 5.81. The lowest BCUT2D eigenvalue weighted by Crippen LogP contribution is -2.45. The van der Waals surface area contributed by atoms with E-state index in [-0.39, 0.29) is 12.0 Å². The van der Waals surface area contributed by atoms with Crippen molar-refractivity contribution in [2.75, 3.05) is 27.2 Å². The van der Waals surface area contributed by atoms with E-state index in [1.54, 1.807) is 14.2 Å². The third-order valence-electron chi connectivity index (χ3n) is 5.88. The summed E-state index contributed by atoms with van der Waals surface area (Å²) < 4.78 is 5.28. The first kappa shape index (κ1) is 20.6. The molecule has 2 aliphatic rings. The molecular formula is C22H34N4O2. The summed E-state index contributed by atoms with van der Waals surface area (Å²) in [5, 5.41) is 6.89. The molecule has 1 aromatic rings. The standard InChI is InChI=1S/C22H34N4O2/c1-23-22(24-14-18-10-6-7-11-19(18)16-28-2)25-20-12-13-26(15-20)21(27)17-8-4-3-5-9-17/h6-7,10-11,17,20H,3-5,8-9,12-16H2,1-2H3,(H2,23,24,25). The van der Waals surface area contributed by atoms with Gasteiger partial charge in [-0.25, -0.2) is 0 Å². The van der Waals surface area contributed by atoms with Crippen LogP contribution in [-0.2, 0) is 22.7 Å². The fourth-order valence-electron chi connectivity index (χ4n) is 4.28. The third-order valence-corrected chi connectivity index (χ3v) is 5.88. The van der Waals surface area contributed by atoms with Crippen molar-refractivity contribution in [3.05, 3.63) is 35.4 Å². The molecule has 1 aliphatic carbocycles. The van der Waals surface area contributed by atoms with Crippen molar-refractivity contribution in [3.63, 3.8) is 0 Å². The molecule has 1 atom stereocenters. The Balaban J connectivity index is 1.48. The zero-order valence-electron chi connectivity index (χ0n) is 17.2. The number of nitrogens with one attached hydrogen (secondary N) is 2. The Morgan fingerprint density at radius 1 is 1.18 bits per heavy atom. The molecule has 0 radical (unpaired) electrons. The zero-order valence-corrected chi connectivity index (χ0v) is 17.2. The number of rotatable bonds is 6. The predicted molar refractivity (Wildman–Crippen MR) is 112 cm³/mol. The van der Waals surface area contributed by atoms with Gasteiger partial charge < -0.3 is 20.3 Å². The van der Waals surface area contributed by atoms with Crippen LogP contribution in [0.1, 0.15) is 49.7 Å². The van der Waals surface area contributed by atoms with Crippen molar-refractivity contribution in [1.82, 2.24) is 15.5 Å². The van der Waals surface area contributed by atoms with Gasteiger partial charge in [-0.1, -0.05) is 43.5 Å². The van der Waals surface area contributed by atoms with Crippen LogP contribution in [0.2, 0.25) is 0 Å². The smallest absolute Gasteiger partial charge is 0.225 e. The molecule has 0 bridgehead atoms. The predicted octanol–water partition coefficient (Wildman–Crippen LogP) is 2.68. The minimum Gasteiger partial charge on any atom is -0.380 e. The van der Waals surface area contributed by atoms with Crippen molar-refractivity contribution < 1.29 is 9.53 Å². The van der Waals surface area contributed by atoms with Crippen LogP contribution in [0.4, 0.5) is 0 Å². The molecule has 0 aromatic heterocycles. The summed E-state index contributed by atoms with van der Waals surface area (Å²) in [6.07, 6.45) is 6.79. The van der Waals surface area contributed by atoms with Gasteiger partial charge in [-0.3, -0.25) is 9.79 Å². The molecule has 154 valence electrons. The Morgan fingerprint density at radius 3 is 2.64 bits per heavy atom. The van der Waals surface area contributed by atoms with Crippen molar-refractivity contribution >= 4 is 11.9 Å². The lowest BCUT2D eigenvalue weighted by Gasteiger charge is -2.26. The number of aliphatic imine (C=N–C) groups is 1. The Bertz CT molecular complexity index is 670. The fraction of sp³-hybridized carbons (Fsp3) is 0.636. The summed E-state index contributed by atoms with van der Waals surface area (Å²) >= 11 is 0. The molecule has 1 unspecified atom stereocenters. The maximum atomic E-state index is 12.8. The highest BCUT2D eigenvalue weighted by Crippen LogP contribution is 2.26. The summed E-state index contributed by atoms with van der Waals surface area (Å²) in [5.74, 6) is 1.40. The molecule has 6 nitrogen and oxygen atoms in total. The molecule has 1 heterocycles. The van der Waals surface area contributed by atoms with Crippen LogP contribution >= 0.6 is 0 Å². The number of likely N-dealkylation sites (tertiary alicyclic amines) is 1. The number of amides is 1. The number of methoxy groups -OCH3 is 1. The van der Waals surface area contributed by atoms with Crippen molar-refractivity contribution in [2.24, 2.45) is 10.9 Å². The average molecular weight is 387 g/mol. The second-order valence-corrected chi connectivity index (χ2v) is 7.88. The van der Waals surface area contributed by atoms with Gasteiger partial charge in [0.2, 0.25) is 5.91 Å². The van der Waals surface area contributed by atoms with Gasteiger partial charge in [0.05, 0.1) is 6.61 Å². The van der Waals surface area contributed by atoms with Crippen LogP contribution in [-0.4, -0.2) is 50.1 Å². The van der Waals surface area contributed by atoms with Crippen molar-refractivity contribution in [2.45, 2.75) is 57.7 Å². The van der Waals surface area contributed by atoms with Gasteiger partial charge in [-0.15, -0.1) is 0 Å². The number of ether oxygens (including phenoxy) is 1. The van der Waals surface area contributed by atoms with Crippen LogP contribution in [0, 0.1) is 5.92 Å². The molecular weight excluding hydrogens is 352 g/mol. The largest absolute Gasteiger partial charge is 0.380 e. The molecule has 28 heavy (non-hydrogen) atoms. The summed E-state index contributed by atoms with van der Waals surface area (Å²) in [6, 6.07) is 8.52. The first-order chi connectivity index (χ1) is 13.7. The van der Waals surface area contributed by atoms with E-state index < -0.39 is 0 Å². The van der Waals surface area contributed by atoms with Gasteiger partial charge in [0, 0.05) is 45.8 Å². The van der Waals surface area contributed by atoms with Crippen LogP contribution in [0.5, 0.6) is 0 Å². The van der Waals surface area contributed by atoms with E-state index in [4.69, 9.17) is 4.74 Å². The molecule has 6 heteroatoms. The van der Waals surface area contributed by atoms with E-state index in [9.17, 15) is 4.79 Å². The number of nitrogens with zero attached hydrogens (tertiary/aromatic N) is 2. The number of hydrogen-bond acceptors (Lipinski definition) is 3. The molecule has 3 rings (SSSR count). The monoisotopic (exact) mass is 386 g/mol. The molecule has 1 aliphatic heterocycles. The normalized spacial score (nSPS) is 21.0. The lowest BCUT2D eigenvalue weighted by atomic mass is 9.88. The summed E-state index contributed by atoms with van der Waals surface area (Å²) in [7, 11) is 3.50. The minimum atomic E-state index is 0.252. The molecule has 1 saturated carbocycles. The SMILES string of the molecule is CN=C(NCc1ccccc1COC)NC1CCN(C(=O)C2CCCCC2)C1. The molecule has 1 aromatic carbocycles. The van der Waals surface area contributed by atoms with Gasteiger partial charge in [-0.2, -0.15) is 0 Å². The van der Waals surface area contributed by atoms with Gasteiger partial charge in [-0.05, 0) is 30.4 Å². The number of hydrogen-bond donors (Lipinski definition) is 2. The highest BCUT2D eigenvalue weighted by atomic mass is 16.5. The lowest BCUT2D eigenvalue weighted by molar-refractivity contribution is -0.135. The number of carbonyl (C=O) groups excluding carboxylic acids is 1. The molecule has 1 amide bonds. The van der Waals surface area contributed by atoms with Crippen molar-refractivity contribution in [1.29, 1.82) is 0 Å². The second-order valence-electron chi connectivity index (χ2n) is 7.88. The van der Waals surface area contributed by atoms with Gasteiger partial charge in [0.25, 0.3) is 0 Å². The van der Waals surface area contributed by atoms with Crippen molar-refractivity contribution in [3.8, 4) is 0 Å². The second kappa shape index (κ2) is 10.5. The number of benzene rings is 1. The van der Waals surface area contributed by atoms with Crippen LogP contribution in [0.15, 0.2) is 29.3 Å². The summed E-state index contributed by atoms with van der Waals surface area (Å²) in [4.78, 5) is 19.2. The van der Waals surface area contributed by atoms with Crippen LogP contribution < -0.4 is 10.6 Å². The third kappa shape index (κ3) is 5.47. The van der Waals surface area contributed by atoms with Crippen LogP contribution in [0.3, 0.4) is 0 Å². The van der Waals surface area contributed by atoms with E-state index >= 15 is 0 Å². The maximum Gasteiger partial charge on any atom is 0.225 e. The molecule has 2 fully saturated rings. The first-order valence-corrected chi connectivity index (χ1v) is 10.5. The van der Waals surface area contributed by atoms with Gasteiger partial charge >= 0.3 is 0 Å². The van der Waals surface area contributed by atoms with E-state index in [0.29, 0.717) is 19.1 Å². The van der Waals surface area contributed by atoms with Gasteiger partial charge in [0.1, 0.15) is 0 Å². The Labute approximate surface area is 168 Å². The Kier molecular flexibility index (Phi) is 7.71.